The molecule has 9 heteroatoms. The fourth-order valence-electron chi connectivity index (χ4n) is 3.35. The van der Waals surface area contributed by atoms with Gasteiger partial charge in [-0.25, -0.2) is 23.8 Å². The Morgan fingerprint density at radius 2 is 1.85 bits per heavy atom. The van der Waals surface area contributed by atoms with Crippen molar-refractivity contribution in [2.24, 2.45) is 0 Å². The van der Waals surface area contributed by atoms with Crippen LogP contribution in [-0.2, 0) is 16.0 Å². The average Bonchev–Trinajstić information content (AvgIpc) is 3.10. The zero-order valence-corrected chi connectivity index (χ0v) is 15.8. The van der Waals surface area contributed by atoms with Crippen molar-refractivity contribution in [3.05, 3.63) is 34.4 Å². The zero-order valence-electron chi connectivity index (χ0n) is 15.8. The molecule has 0 spiro atoms. The van der Waals surface area contributed by atoms with Crippen molar-refractivity contribution in [2.45, 2.75) is 46.2 Å². The van der Waals surface area contributed by atoms with Crippen LogP contribution in [0.25, 0.3) is 5.95 Å². The molecule has 3 rings (SSSR count). The van der Waals surface area contributed by atoms with Crippen LogP contribution in [0.3, 0.4) is 0 Å². The SMILES string of the molecule is Cc1cc(C)nc(-n2nc(C)c(CC(=O)N3CCC(F)(C(=O)O)C3)c2C)n1. The van der Waals surface area contributed by atoms with E-state index in [1.807, 2.05) is 26.8 Å². The van der Waals surface area contributed by atoms with Crippen LogP contribution in [0, 0.1) is 27.7 Å². The number of hydrogen-bond donors (Lipinski definition) is 1. The Morgan fingerprint density at radius 3 is 2.41 bits per heavy atom. The summed E-state index contributed by atoms with van der Waals surface area (Å²) in [5.41, 5.74) is 1.37. The number of amides is 1. The van der Waals surface area contributed by atoms with Gasteiger partial charge in [-0.1, -0.05) is 0 Å². The molecule has 1 amide bonds. The van der Waals surface area contributed by atoms with Crippen LogP contribution in [0.15, 0.2) is 6.07 Å². The number of aliphatic carboxylic acids is 1. The highest BCUT2D eigenvalue weighted by atomic mass is 19.1. The van der Waals surface area contributed by atoms with Crippen LogP contribution in [0.2, 0.25) is 0 Å². The molecule has 0 radical (unpaired) electrons. The van der Waals surface area contributed by atoms with Crippen LogP contribution in [0.1, 0.15) is 34.8 Å². The summed E-state index contributed by atoms with van der Waals surface area (Å²) in [4.78, 5) is 33.7. The van der Waals surface area contributed by atoms with Crippen molar-refractivity contribution in [1.29, 1.82) is 0 Å². The first-order valence-corrected chi connectivity index (χ1v) is 8.68. The van der Waals surface area contributed by atoms with E-state index in [1.54, 1.807) is 11.6 Å². The Kier molecular flexibility index (Phi) is 4.71. The minimum atomic E-state index is -2.36. The molecule has 1 atom stereocenters. The number of rotatable bonds is 4. The van der Waals surface area contributed by atoms with Gasteiger partial charge in [0.15, 0.2) is 0 Å². The monoisotopic (exact) mass is 375 g/mol. The third-order valence-electron chi connectivity index (χ3n) is 4.88. The number of alkyl halides is 1. The van der Waals surface area contributed by atoms with Gasteiger partial charge in [-0.05, 0) is 33.8 Å². The van der Waals surface area contributed by atoms with Gasteiger partial charge in [-0.15, -0.1) is 0 Å². The van der Waals surface area contributed by atoms with E-state index >= 15 is 0 Å². The van der Waals surface area contributed by atoms with Crippen LogP contribution >= 0.6 is 0 Å². The number of aromatic nitrogens is 4. The van der Waals surface area contributed by atoms with Crippen molar-refractivity contribution >= 4 is 11.9 Å². The molecular weight excluding hydrogens is 353 g/mol. The number of likely N-dealkylation sites (tertiary alicyclic amines) is 1. The van der Waals surface area contributed by atoms with Gasteiger partial charge < -0.3 is 10.0 Å². The quantitative estimate of drug-likeness (QED) is 0.868. The maximum absolute atomic E-state index is 14.2. The number of carbonyl (C=O) groups excluding carboxylic acids is 1. The largest absolute Gasteiger partial charge is 0.479 e. The Balaban J connectivity index is 1.83. The minimum Gasteiger partial charge on any atom is -0.479 e. The second-order valence-electron chi connectivity index (χ2n) is 7.02. The van der Waals surface area contributed by atoms with E-state index in [9.17, 15) is 14.0 Å². The highest BCUT2D eigenvalue weighted by Gasteiger charge is 2.46. The molecule has 1 fully saturated rings. The third-order valence-corrected chi connectivity index (χ3v) is 4.88. The van der Waals surface area contributed by atoms with E-state index in [1.165, 1.54) is 4.90 Å². The second kappa shape index (κ2) is 6.71. The molecule has 3 heterocycles. The van der Waals surface area contributed by atoms with Gasteiger partial charge in [0, 0.05) is 35.6 Å². The third kappa shape index (κ3) is 3.54. The van der Waals surface area contributed by atoms with Crippen molar-refractivity contribution in [2.75, 3.05) is 13.1 Å². The Hall–Kier alpha value is -2.84. The normalized spacial score (nSPS) is 19.5. The van der Waals surface area contributed by atoms with Gasteiger partial charge in [0.25, 0.3) is 5.95 Å². The van der Waals surface area contributed by atoms with Gasteiger partial charge in [0.2, 0.25) is 11.6 Å². The molecule has 1 unspecified atom stereocenters. The lowest BCUT2D eigenvalue weighted by molar-refractivity contribution is -0.150. The van der Waals surface area contributed by atoms with Crippen molar-refractivity contribution < 1.29 is 19.1 Å². The Labute approximate surface area is 156 Å². The molecule has 0 saturated carbocycles. The number of nitrogens with zero attached hydrogens (tertiary/aromatic N) is 5. The highest BCUT2D eigenvalue weighted by molar-refractivity contribution is 5.83. The number of halogens is 1. The summed E-state index contributed by atoms with van der Waals surface area (Å²) in [6.45, 7) is 7.02. The number of aryl methyl sites for hydroxylation is 3. The fourth-order valence-corrected chi connectivity index (χ4v) is 3.35. The number of carboxylic acid groups (broad SMARTS) is 1. The van der Waals surface area contributed by atoms with Gasteiger partial charge >= 0.3 is 5.97 Å². The van der Waals surface area contributed by atoms with Gasteiger partial charge in [-0.2, -0.15) is 5.10 Å². The van der Waals surface area contributed by atoms with Crippen LogP contribution in [-0.4, -0.2) is 60.4 Å². The zero-order chi connectivity index (χ0) is 19.9. The van der Waals surface area contributed by atoms with Gasteiger partial charge in [0.1, 0.15) is 0 Å². The summed E-state index contributed by atoms with van der Waals surface area (Å²) in [6.07, 6.45) is -0.167. The molecule has 1 aliphatic rings. The van der Waals surface area contributed by atoms with E-state index in [0.29, 0.717) is 11.6 Å². The van der Waals surface area contributed by atoms with E-state index < -0.39 is 18.2 Å². The maximum Gasteiger partial charge on any atom is 0.343 e. The van der Waals surface area contributed by atoms with Crippen molar-refractivity contribution in [3.63, 3.8) is 0 Å². The molecule has 1 aliphatic heterocycles. The molecule has 1 saturated heterocycles. The van der Waals surface area contributed by atoms with Gasteiger partial charge in [0.05, 0.1) is 18.7 Å². The highest BCUT2D eigenvalue weighted by Crippen LogP contribution is 2.27. The maximum atomic E-state index is 14.2. The predicted octanol–water partition coefficient (Wildman–Crippen LogP) is 1.46. The molecule has 2 aromatic heterocycles. The van der Waals surface area contributed by atoms with Crippen molar-refractivity contribution in [3.8, 4) is 5.95 Å². The lowest BCUT2D eigenvalue weighted by atomic mass is 10.1. The molecule has 144 valence electrons. The first-order valence-electron chi connectivity index (χ1n) is 8.68. The van der Waals surface area contributed by atoms with Gasteiger partial charge in [-0.3, -0.25) is 4.79 Å². The number of hydrogen-bond acceptors (Lipinski definition) is 5. The summed E-state index contributed by atoms with van der Waals surface area (Å²) in [7, 11) is 0. The van der Waals surface area contributed by atoms with Crippen LogP contribution in [0.5, 0.6) is 0 Å². The van der Waals surface area contributed by atoms with Crippen LogP contribution < -0.4 is 0 Å². The van der Waals surface area contributed by atoms with E-state index in [-0.39, 0.29) is 25.3 Å². The van der Waals surface area contributed by atoms with E-state index in [0.717, 1.165) is 22.6 Å². The molecule has 2 aromatic rings. The minimum absolute atomic E-state index is 0.0260. The summed E-state index contributed by atoms with van der Waals surface area (Å²) in [5, 5.41) is 13.4. The molecule has 8 nitrogen and oxygen atoms in total. The summed E-state index contributed by atoms with van der Waals surface area (Å²) in [5.74, 6) is -1.41. The molecule has 0 bridgehead atoms. The second-order valence-corrected chi connectivity index (χ2v) is 7.02. The van der Waals surface area contributed by atoms with E-state index in [4.69, 9.17) is 5.11 Å². The fraction of sp³-hybridized carbons (Fsp3) is 0.500. The summed E-state index contributed by atoms with van der Waals surface area (Å²) < 4.78 is 15.8. The average molecular weight is 375 g/mol. The van der Waals surface area contributed by atoms with Crippen LogP contribution in [0.4, 0.5) is 4.39 Å². The van der Waals surface area contributed by atoms with E-state index in [2.05, 4.69) is 15.1 Å². The molecule has 0 aliphatic carbocycles. The predicted molar refractivity (Wildman–Crippen MR) is 94.5 cm³/mol. The lowest BCUT2D eigenvalue weighted by Gasteiger charge is -2.17. The lowest BCUT2D eigenvalue weighted by Crippen LogP contribution is -2.39. The first-order chi connectivity index (χ1) is 12.6. The first kappa shape index (κ1) is 18.9. The molecular formula is C18H22FN5O3. The number of carbonyl (C=O) groups is 2. The Bertz CT molecular complexity index is 906. The number of carboxylic acids is 1. The Morgan fingerprint density at radius 1 is 1.22 bits per heavy atom. The van der Waals surface area contributed by atoms with Crippen molar-refractivity contribution in [1.82, 2.24) is 24.6 Å². The topological polar surface area (TPSA) is 101 Å². The molecule has 1 N–H and O–H groups in total. The molecule has 27 heavy (non-hydrogen) atoms. The smallest absolute Gasteiger partial charge is 0.343 e. The standard InChI is InChI=1S/C18H22FN5O3/c1-10-7-11(2)21-17(20-10)24-13(4)14(12(3)22-24)8-15(25)23-6-5-18(19,9-23)16(26)27/h7H,5-6,8-9H2,1-4H3,(H,26,27). The summed E-state index contributed by atoms with van der Waals surface area (Å²) in [6, 6.07) is 1.86. The summed E-state index contributed by atoms with van der Waals surface area (Å²) >= 11 is 0. The molecule has 0 aromatic carbocycles.